The van der Waals surface area contributed by atoms with Crippen molar-refractivity contribution in [3.8, 4) is 11.5 Å². The third-order valence-corrected chi connectivity index (χ3v) is 8.82. The van der Waals surface area contributed by atoms with Gasteiger partial charge in [-0.05, 0) is 41.0 Å². The maximum absolute atomic E-state index is 12.8. The van der Waals surface area contributed by atoms with Crippen LogP contribution in [0.25, 0.3) is 11.2 Å². The predicted octanol–water partition coefficient (Wildman–Crippen LogP) is 3.39. The van der Waals surface area contributed by atoms with Crippen LogP contribution in [0.2, 0.25) is 0 Å². The molecule has 2 aromatic heterocycles. The summed E-state index contributed by atoms with van der Waals surface area (Å²) in [5.41, 5.74) is 0.0823. The lowest BCUT2D eigenvalue weighted by molar-refractivity contribution is -0.202. The van der Waals surface area contributed by atoms with Gasteiger partial charge in [0.1, 0.15) is 34.9 Å². The molecule has 4 heterocycles. The van der Waals surface area contributed by atoms with Crippen LogP contribution in [0.1, 0.15) is 22.9 Å². The molecule has 248 valence electrons. The number of nitrogens with one attached hydrogen (secondary N) is 1. The summed E-state index contributed by atoms with van der Waals surface area (Å²) in [6.45, 7) is 0.0393. The Morgan fingerprint density at radius 1 is 1.02 bits per heavy atom. The zero-order valence-electron chi connectivity index (χ0n) is 26.9. The van der Waals surface area contributed by atoms with Crippen LogP contribution in [0.15, 0.2) is 95.0 Å². The molecule has 5 aromatic rings. The average Bonchev–Trinajstić information content (AvgIpc) is 3.77. The third kappa shape index (κ3) is 5.30. The average molecular weight is 653 g/mol. The van der Waals surface area contributed by atoms with Crippen LogP contribution >= 0.6 is 0 Å². The zero-order valence-corrected chi connectivity index (χ0v) is 26.9. The first-order valence-corrected chi connectivity index (χ1v) is 15.4. The lowest BCUT2D eigenvalue weighted by Gasteiger charge is -2.39. The number of hydrogen-bond donors (Lipinski definition) is 2. The molecule has 0 spiro atoms. The number of fused-ring (bicyclic) bond motifs is 3. The van der Waals surface area contributed by atoms with Gasteiger partial charge in [0, 0.05) is 14.1 Å². The fourth-order valence-corrected chi connectivity index (χ4v) is 6.38. The van der Waals surface area contributed by atoms with Crippen LogP contribution in [-0.2, 0) is 19.8 Å². The van der Waals surface area contributed by atoms with Gasteiger partial charge in [-0.2, -0.15) is 4.98 Å². The minimum atomic E-state index is -1.25. The molecule has 2 N–H and O–H groups in total. The molecule has 0 amide bonds. The Hall–Kier alpha value is -5.08. The van der Waals surface area contributed by atoms with Crippen molar-refractivity contribution in [2.24, 2.45) is 4.99 Å². The summed E-state index contributed by atoms with van der Waals surface area (Å²) in [7, 11) is 6.86. The van der Waals surface area contributed by atoms with E-state index in [1.165, 1.54) is 12.7 Å². The number of hydrogen-bond acceptors (Lipinski definition) is 10. The normalized spacial score (nSPS) is 22.1. The second-order valence-electron chi connectivity index (χ2n) is 12.0. The van der Waals surface area contributed by atoms with E-state index in [4.69, 9.17) is 23.7 Å². The van der Waals surface area contributed by atoms with Gasteiger partial charge in [-0.25, -0.2) is 9.98 Å². The summed E-state index contributed by atoms with van der Waals surface area (Å²) in [6.07, 6.45) is 0.325. The van der Waals surface area contributed by atoms with E-state index in [0.29, 0.717) is 11.5 Å². The first-order valence-electron chi connectivity index (χ1n) is 15.4. The number of aliphatic hydroxyl groups excluding tert-OH is 1. The molecule has 4 atom stereocenters. The Bertz CT molecular complexity index is 1930. The summed E-state index contributed by atoms with van der Waals surface area (Å²) >= 11 is 0. The molecule has 0 radical (unpaired) electrons. The molecule has 0 saturated carbocycles. The number of aliphatic hydroxyl groups is 1. The smallest absolute Gasteiger partial charge is 0.280 e. The summed E-state index contributed by atoms with van der Waals surface area (Å²) in [5, 5.41) is 11.7. The molecule has 0 unspecified atom stereocenters. The first kappa shape index (κ1) is 31.5. The van der Waals surface area contributed by atoms with E-state index in [2.05, 4.69) is 19.9 Å². The number of aromatic nitrogens is 4. The van der Waals surface area contributed by atoms with Crippen molar-refractivity contribution in [3.63, 3.8) is 0 Å². The second kappa shape index (κ2) is 12.5. The Morgan fingerprint density at radius 2 is 1.65 bits per heavy atom. The highest BCUT2D eigenvalue weighted by Crippen LogP contribution is 2.48. The van der Waals surface area contributed by atoms with Crippen LogP contribution in [0.5, 0.6) is 11.5 Å². The van der Waals surface area contributed by atoms with E-state index in [1.807, 2.05) is 93.0 Å². The molecule has 2 saturated heterocycles. The lowest BCUT2D eigenvalue weighted by atomic mass is 9.79. The fourth-order valence-electron chi connectivity index (χ4n) is 6.38. The molecule has 0 aliphatic carbocycles. The second-order valence-corrected chi connectivity index (χ2v) is 12.0. The molecule has 2 aliphatic heterocycles. The van der Waals surface area contributed by atoms with E-state index in [-0.39, 0.29) is 30.3 Å². The summed E-state index contributed by atoms with van der Waals surface area (Å²) in [4.78, 5) is 30.3. The maximum Gasteiger partial charge on any atom is 0.280 e. The fraction of sp³-hybridized carbons (Fsp3) is 0.314. The number of methoxy groups -OCH3 is 2. The van der Waals surface area contributed by atoms with Gasteiger partial charge in [-0.3, -0.25) is 14.3 Å². The molecule has 48 heavy (non-hydrogen) atoms. The monoisotopic (exact) mass is 652 g/mol. The van der Waals surface area contributed by atoms with Gasteiger partial charge in [0.2, 0.25) is 5.95 Å². The van der Waals surface area contributed by atoms with Gasteiger partial charge in [0.15, 0.2) is 17.4 Å². The molecule has 13 nitrogen and oxygen atoms in total. The van der Waals surface area contributed by atoms with Crippen LogP contribution in [0.4, 0.5) is 5.95 Å². The van der Waals surface area contributed by atoms with E-state index in [0.717, 1.165) is 16.7 Å². The number of imidazole rings is 1. The number of aromatic amines is 1. The largest absolute Gasteiger partial charge is 0.497 e. The minimum absolute atomic E-state index is 0.0485. The Kier molecular flexibility index (Phi) is 8.21. The van der Waals surface area contributed by atoms with Crippen molar-refractivity contribution in [1.29, 1.82) is 0 Å². The number of aliphatic imine (C=N–C) groups is 1. The molecule has 7 rings (SSSR count). The van der Waals surface area contributed by atoms with Crippen LogP contribution in [-0.4, -0.2) is 95.2 Å². The standard InChI is InChI=1S/C35H36N6O7/c1-40(2)20-37-33-38-30-27(31(43)39-33)36-21-41(30)32-28-29(42)34(48-32,18-46-28)19-47-35(22-8-6-5-7-9-22,23-10-14-25(44-3)15-11-23)24-12-16-26(45-4)17-13-24/h5-17,20-21,28-29,32,42H,18-19H2,1-4H3,(H,38,39,43)/b37-20+/t28-,29-,32+,34+/m0/s1. The van der Waals surface area contributed by atoms with Gasteiger partial charge >= 0.3 is 0 Å². The Balaban J connectivity index is 1.28. The highest BCUT2D eigenvalue weighted by atomic mass is 16.7. The first-order chi connectivity index (χ1) is 23.3. The molecule has 2 aliphatic rings. The van der Waals surface area contributed by atoms with Crippen molar-refractivity contribution in [3.05, 3.63) is 112 Å². The van der Waals surface area contributed by atoms with Crippen molar-refractivity contribution < 1.29 is 28.8 Å². The molecule has 2 bridgehead atoms. The topological polar surface area (TPSA) is 146 Å². The number of rotatable bonds is 11. The Morgan fingerprint density at radius 3 is 2.25 bits per heavy atom. The highest BCUT2D eigenvalue weighted by molar-refractivity contribution is 5.71. The maximum atomic E-state index is 12.8. The van der Waals surface area contributed by atoms with Gasteiger partial charge in [0.05, 0.1) is 40.1 Å². The summed E-state index contributed by atoms with van der Waals surface area (Å²) in [6, 6.07) is 25.3. The SMILES string of the molecule is COc1ccc(C(OC[C@@]23CO[C@H]([C@H](n4cnc5c(=O)[nH]c(/N=C/N(C)C)nc54)O2)[C@@H]3O)(c2ccccc2)c2ccc(OC)cc2)cc1. The predicted molar refractivity (Wildman–Crippen MR) is 177 cm³/mol. The van der Waals surface area contributed by atoms with Crippen molar-refractivity contribution in [2.75, 3.05) is 41.5 Å². The van der Waals surface area contributed by atoms with Gasteiger partial charge < -0.3 is 33.7 Å². The number of nitrogens with zero attached hydrogens (tertiary/aromatic N) is 5. The van der Waals surface area contributed by atoms with Crippen molar-refractivity contribution in [1.82, 2.24) is 24.4 Å². The van der Waals surface area contributed by atoms with E-state index in [9.17, 15) is 9.90 Å². The molecular formula is C35H36N6O7. The van der Waals surface area contributed by atoms with E-state index >= 15 is 0 Å². The van der Waals surface area contributed by atoms with E-state index < -0.39 is 35.2 Å². The van der Waals surface area contributed by atoms with Crippen LogP contribution < -0.4 is 15.0 Å². The molecule has 3 aromatic carbocycles. The molecular weight excluding hydrogens is 616 g/mol. The van der Waals surface area contributed by atoms with Gasteiger partial charge in [0.25, 0.3) is 5.56 Å². The van der Waals surface area contributed by atoms with E-state index in [1.54, 1.807) is 23.7 Å². The highest BCUT2D eigenvalue weighted by Gasteiger charge is 2.63. The quantitative estimate of drug-likeness (QED) is 0.124. The van der Waals surface area contributed by atoms with Crippen LogP contribution in [0, 0.1) is 0 Å². The van der Waals surface area contributed by atoms with Crippen LogP contribution in [0.3, 0.4) is 0 Å². The summed E-state index contributed by atoms with van der Waals surface area (Å²) < 4.78 is 32.4. The number of ether oxygens (including phenoxy) is 5. The van der Waals surface area contributed by atoms with Crippen molar-refractivity contribution >= 4 is 23.5 Å². The molecule has 13 heteroatoms. The minimum Gasteiger partial charge on any atom is -0.497 e. The summed E-state index contributed by atoms with van der Waals surface area (Å²) in [5.74, 6) is 1.51. The zero-order chi connectivity index (χ0) is 33.5. The lowest BCUT2D eigenvalue weighted by Crippen LogP contribution is -2.48. The number of H-pyrrole nitrogens is 1. The molecule has 2 fully saturated rings. The van der Waals surface area contributed by atoms with Gasteiger partial charge in [-0.15, -0.1) is 0 Å². The number of benzene rings is 3. The Labute approximate surface area is 276 Å². The third-order valence-electron chi connectivity index (χ3n) is 8.82. The van der Waals surface area contributed by atoms with Crippen molar-refractivity contribution in [2.45, 2.75) is 29.6 Å². The van der Waals surface area contributed by atoms with Gasteiger partial charge in [-0.1, -0.05) is 54.6 Å².